The summed E-state index contributed by atoms with van der Waals surface area (Å²) in [5, 5.41) is 4.20. The molecule has 0 aliphatic carbocycles. The van der Waals surface area contributed by atoms with Crippen molar-refractivity contribution in [1.29, 1.82) is 0 Å². The third kappa shape index (κ3) is 4.34. The number of amides is 1. The zero-order valence-corrected chi connectivity index (χ0v) is 15.1. The Morgan fingerprint density at radius 1 is 1.19 bits per heavy atom. The van der Waals surface area contributed by atoms with Crippen LogP contribution in [0, 0.1) is 0 Å². The molecule has 134 valence electrons. The third-order valence-electron chi connectivity index (χ3n) is 4.29. The van der Waals surface area contributed by atoms with Crippen LogP contribution in [0.15, 0.2) is 55.0 Å². The quantitative estimate of drug-likeness (QED) is 0.710. The number of carbonyl (C=O) groups is 1. The number of nitrogens with zero attached hydrogens (tertiary/aromatic N) is 4. The lowest BCUT2D eigenvalue weighted by atomic mass is 10.0. The van der Waals surface area contributed by atoms with Gasteiger partial charge in [0.2, 0.25) is 0 Å². The van der Waals surface area contributed by atoms with Gasteiger partial charge in [-0.05, 0) is 36.7 Å². The van der Waals surface area contributed by atoms with Crippen molar-refractivity contribution in [3.63, 3.8) is 0 Å². The van der Waals surface area contributed by atoms with Gasteiger partial charge in [-0.1, -0.05) is 24.3 Å². The minimum Gasteiger partial charge on any atom is -0.366 e. The molecule has 1 aromatic carbocycles. The molecule has 26 heavy (non-hydrogen) atoms. The highest BCUT2D eigenvalue weighted by atomic mass is 16.1. The van der Waals surface area contributed by atoms with Crippen LogP contribution in [0.4, 0.5) is 0 Å². The summed E-state index contributed by atoms with van der Waals surface area (Å²) in [5.74, 6) is -0.465. The Hall–Kier alpha value is -2.99. The van der Waals surface area contributed by atoms with E-state index in [1.54, 1.807) is 18.3 Å². The van der Waals surface area contributed by atoms with Gasteiger partial charge < -0.3 is 10.6 Å². The number of hydrogen-bond donors (Lipinski definition) is 1. The molecular weight excluding hydrogens is 326 g/mol. The molecule has 0 bridgehead atoms. The predicted molar refractivity (Wildman–Crippen MR) is 101 cm³/mol. The molecule has 0 aliphatic rings. The molecule has 0 aliphatic heterocycles. The average molecular weight is 349 g/mol. The molecule has 6 nitrogen and oxygen atoms in total. The van der Waals surface area contributed by atoms with E-state index in [1.807, 2.05) is 36.3 Å². The lowest BCUT2D eigenvalue weighted by Crippen LogP contribution is -2.20. The number of benzene rings is 1. The van der Waals surface area contributed by atoms with Crippen molar-refractivity contribution in [2.75, 3.05) is 13.6 Å². The minimum atomic E-state index is -0.465. The number of hydrogen-bond acceptors (Lipinski definition) is 4. The molecule has 1 amide bonds. The molecule has 2 heterocycles. The number of aryl methyl sites for hydroxylation is 1. The van der Waals surface area contributed by atoms with Crippen LogP contribution in [-0.2, 0) is 20.0 Å². The van der Waals surface area contributed by atoms with Crippen molar-refractivity contribution >= 4 is 5.91 Å². The van der Waals surface area contributed by atoms with Crippen molar-refractivity contribution in [3.05, 3.63) is 71.7 Å². The smallest absolute Gasteiger partial charge is 0.250 e. The van der Waals surface area contributed by atoms with Crippen molar-refractivity contribution in [2.45, 2.75) is 13.0 Å². The van der Waals surface area contributed by atoms with E-state index in [0.717, 1.165) is 25.1 Å². The van der Waals surface area contributed by atoms with Gasteiger partial charge in [-0.3, -0.25) is 14.5 Å². The van der Waals surface area contributed by atoms with Crippen molar-refractivity contribution in [2.24, 2.45) is 12.8 Å². The van der Waals surface area contributed by atoms with E-state index in [0.29, 0.717) is 11.3 Å². The highest BCUT2D eigenvalue weighted by Gasteiger charge is 2.11. The van der Waals surface area contributed by atoms with Gasteiger partial charge in [-0.15, -0.1) is 0 Å². The Kier molecular flexibility index (Phi) is 5.43. The summed E-state index contributed by atoms with van der Waals surface area (Å²) in [5.41, 5.74) is 9.84. The molecule has 0 saturated carbocycles. The number of nitrogens with two attached hydrogens (primary N) is 1. The van der Waals surface area contributed by atoms with Gasteiger partial charge >= 0.3 is 0 Å². The zero-order chi connectivity index (χ0) is 18.5. The van der Waals surface area contributed by atoms with Gasteiger partial charge in [0.25, 0.3) is 5.91 Å². The summed E-state index contributed by atoms with van der Waals surface area (Å²) in [6.45, 7) is 1.81. The number of primary amides is 1. The van der Waals surface area contributed by atoms with Gasteiger partial charge in [-0.2, -0.15) is 5.10 Å². The Morgan fingerprint density at radius 2 is 1.96 bits per heavy atom. The second kappa shape index (κ2) is 7.93. The van der Waals surface area contributed by atoms with Gasteiger partial charge in [-0.25, -0.2) is 0 Å². The van der Waals surface area contributed by atoms with E-state index < -0.39 is 5.91 Å². The number of pyridine rings is 1. The van der Waals surface area contributed by atoms with Crippen LogP contribution in [0.1, 0.15) is 21.5 Å². The summed E-state index contributed by atoms with van der Waals surface area (Å²) in [7, 11) is 4.04. The SMILES string of the molecule is CN(CCc1cnn(C)c1)Cc1ccc(-c2ncccc2C(N)=O)cc1. The molecule has 3 aromatic rings. The fourth-order valence-electron chi connectivity index (χ4n) is 2.91. The highest BCUT2D eigenvalue weighted by molar-refractivity contribution is 5.98. The molecule has 2 aromatic heterocycles. The first kappa shape index (κ1) is 17.8. The average Bonchev–Trinajstić information content (AvgIpc) is 3.06. The summed E-state index contributed by atoms with van der Waals surface area (Å²) in [6, 6.07) is 11.5. The maximum Gasteiger partial charge on any atom is 0.250 e. The van der Waals surface area contributed by atoms with Crippen LogP contribution in [0.25, 0.3) is 11.3 Å². The number of likely N-dealkylation sites (N-methyl/N-ethyl adjacent to an activating group) is 1. The maximum absolute atomic E-state index is 11.6. The van der Waals surface area contributed by atoms with Crippen molar-refractivity contribution in [1.82, 2.24) is 19.7 Å². The summed E-state index contributed by atoms with van der Waals surface area (Å²) < 4.78 is 1.83. The molecular formula is C20H23N5O. The molecule has 2 N–H and O–H groups in total. The zero-order valence-electron chi connectivity index (χ0n) is 15.1. The van der Waals surface area contributed by atoms with E-state index in [4.69, 9.17) is 5.73 Å². The third-order valence-corrected chi connectivity index (χ3v) is 4.29. The first-order chi connectivity index (χ1) is 12.5. The molecule has 0 saturated heterocycles. The molecule has 0 unspecified atom stereocenters. The Balaban J connectivity index is 1.63. The van der Waals surface area contributed by atoms with Gasteiger partial charge in [0.1, 0.15) is 0 Å². The Morgan fingerprint density at radius 3 is 2.62 bits per heavy atom. The van der Waals surface area contributed by atoms with Gasteiger partial charge in [0, 0.05) is 38.1 Å². The number of carbonyl (C=O) groups excluding carboxylic acids is 1. The largest absolute Gasteiger partial charge is 0.366 e. The summed E-state index contributed by atoms with van der Waals surface area (Å²) in [6.07, 6.45) is 6.60. The van der Waals surface area contributed by atoms with E-state index >= 15 is 0 Å². The highest BCUT2D eigenvalue weighted by Crippen LogP contribution is 2.21. The Bertz CT molecular complexity index is 885. The predicted octanol–water partition coefficient (Wildman–Crippen LogP) is 2.26. The lowest BCUT2D eigenvalue weighted by Gasteiger charge is -2.16. The molecule has 3 rings (SSSR count). The van der Waals surface area contributed by atoms with Crippen LogP contribution in [0.3, 0.4) is 0 Å². The van der Waals surface area contributed by atoms with E-state index in [2.05, 4.69) is 34.2 Å². The molecule has 0 spiro atoms. The molecule has 0 fully saturated rings. The van der Waals surface area contributed by atoms with Crippen LogP contribution in [0.5, 0.6) is 0 Å². The standard InChI is InChI=1S/C20H23N5O/c1-24(11-9-16-12-23-25(2)14-16)13-15-5-7-17(8-6-15)19-18(20(21)26)4-3-10-22-19/h3-8,10,12,14H,9,11,13H2,1-2H3,(H2,21,26). The second-order valence-corrected chi connectivity index (χ2v) is 6.47. The molecule has 0 radical (unpaired) electrons. The molecule has 6 heteroatoms. The van der Waals surface area contributed by atoms with E-state index in [-0.39, 0.29) is 0 Å². The monoisotopic (exact) mass is 349 g/mol. The minimum absolute atomic E-state index is 0.439. The van der Waals surface area contributed by atoms with Crippen LogP contribution < -0.4 is 5.73 Å². The molecule has 0 atom stereocenters. The number of aromatic nitrogens is 3. The van der Waals surface area contributed by atoms with Crippen LogP contribution in [0.2, 0.25) is 0 Å². The topological polar surface area (TPSA) is 77.0 Å². The first-order valence-corrected chi connectivity index (χ1v) is 8.53. The van der Waals surface area contributed by atoms with Crippen LogP contribution in [-0.4, -0.2) is 39.2 Å². The lowest BCUT2D eigenvalue weighted by molar-refractivity contribution is 0.100. The fraction of sp³-hybridized carbons (Fsp3) is 0.250. The van der Waals surface area contributed by atoms with Gasteiger partial charge in [0.05, 0.1) is 17.5 Å². The van der Waals surface area contributed by atoms with Crippen molar-refractivity contribution < 1.29 is 4.79 Å². The maximum atomic E-state index is 11.6. The fourth-order valence-corrected chi connectivity index (χ4v) is 2.91. The normalized spacial score (nSPS) is 11.0. The summed E-state index contributed by atoms with van der Waals surface area (Å²) in [4.78, 5) is 18.1. The second-order valence-electron chi connectivity index (χ2n) is 6.47. The Labute approximate surface area is 153 Å². The van der Waals surface area contributed by atoms with Crippen LogP contribution >= 0.6 is 0 Å². The van der Waals surface area contributed by atoms with E-state index in [1.165, 1.54) is 11.1 Å². The van der Waals surface area contributed by atoms with Gasteiger partial charge in [0.15, 0.2) is 0 Å². The first-order valence-electron chi connectivity index (χ1n) is 8.53. The van der Waals surface area contributed by atoms with E-state index in [9.17, 15) is 4.79 Å². The van der Waals surface area contributed by atoms with Crippen molar-refractivity contribution in [3.8, 4) is 11.3 Å². The number of rotatable bonds is 7. The summed E-state index contributed by atoms with van der Waals surface area (Å²) >= 11 is 0.